The van der Waals surface area contributed by atoms with Crippen molar-refractivity contribution >= 4 is 17.7 Å². The maximum Gasteiger partial charge on any atom is 0.334 e. The predicted molar refractivity (Wildman–Crippen MR) is 64.7 cm³/mol. The molecule has 0 aromatic carbocycles. The van der Waals surface area contributed by atoms with Gasteiger partial charge in [0.1, 0.15) is 0 Å². The largest absolute Gasteiger partial charge is 0.466 e. The highest BCUT2D eigenvalue weighted by molar-refractivity contribution is 6.10. The van der Waals surface area contributed by atoms with Crippen molar-refractivity contribution < 1.29 is 23.9 Å². The molecule has 1 atom stereocenters. The van der Waals surface area contributed by atoms with Crippen LogP contribution in [0.25, 0.3) is 0 Å². The van der Waals surface area contributed by atoms with E-state index in [0.29, 0.717) is 6.42 Å². The Hall–Kier alpha value is -1.43. The van der Waals surface area contributed by atoms with Crippen LogP contribution in [-0.4, -0.2) is 36.5 Å². The quantitative estimate of drug-likeness (QED) is 0.505. The average molecular weight is 259 g/mol. The molecule has 0 spiro atoms. The molecule has 0 bridgehead atoms. The maximum absolute atomic E-state index is 11.9. The summed E-state index contributed by atoms with van der Waals surface area (Å²) in [6.45, 7) is 5.29. The molecule has 0 aliphatic carbocycles. The first-order chi connectivity index (χ1) is 8.42. The van der Waals surface area contributed by atoms with E-state index in [1.807, 2.05) is 0 Å². The van der Waals surface area contributed by atoms with Crippen molar-refractivity contribution in [1.29, 1.82) is 0 Å². The third kappa shape index (κ3) is 4.44. The van der Waals surface area contributed by atoms with Gasteiger partial charge in [0.25, 0.3) is 0 Å². The molecule has 0 rings (SSSR count). The summed E-state index contributed by atoms with van der Waals surface area (Å²) in [5, 5.41) is 0. The first kappa shape index (κ1) is 16.6. The second kappa shape index (κ2) is 7.81. The lowest BCUT2D eigenvalue weighted by atomic mass is 9.88. The van der Waals surface area contributed by atoms with Crippen LogP contribution in [-0.2, 0) is 23.9 Å². The summed E-state index contributed by atoms with van der Waals surface area (Å²) in [7, 11) is 0. The van der Waals surface area contributed by atoms with Crippen molar-refractivity contribution in [3.63, 3.8) is 0 Å². The summed E-state index contributed by atoms with van der Waals surface area (Å²) in [5.74, 6) is -2.06. The van der Waals surface area contributed by atoms with E-state index in [0.717, 1.165) is 0 Å². The number of ketones is 1. The Balaban J connectivity index is 4.96. The molecule has 6 heteroatoms. The van der Waals surface area contributed by atoms with Crippen LogP contribution in [0.5, 0.6) is 0 Å². The second-order valence-electron chi connectivity index (χ2n) is 3.85. The Morgan fingerprint density at radius 1 is 1.06 bits per heavy atom. The van der Waals surface area contributed by atoms with Gasteiger partial charge < -0.3 is 15.2 Å². The molecule has 18 heavy (non-hydrogen) atoms. The molecule has 0 heterocycles. The normalized spacial score (nSPS) is 13.6. The van der Waals surface area contributed by atoms with E-state index in [-0.39, 0.29) is 19.6 Å². The molecule has 0 aromatic heterocycles. The Kier molecular flexibility index (Phi) is 7.19. The second-order valence-corrected chi connectivity index (χ2v) is 3.85. The average Bonchev–Trinajstić information content (AvgIpc) is 2.29. The minimum atomic E-state index is -1.93. The molecule has 0 aliphatic heterocycles. The molecule has 0 unspecified atom stereocenters. The number of esters is 2. The van der Waals surface area contributed by atoms with E-state index in [9.17, 15) is 14.4 Å². The summed E-state index contributed by atoms with van der Waals surface area (Å²) >= 11 is 0. The Morgan fingerprint density at radius 2 is 1.61 bits per heavy atom. The molecule has 6 nitrogen and oxygen atoms in total. The van der Waals surface area contributed by atoms with Crippen LogP contribution >= 0.6 is 0 Å². The number of hydrogen-bond donors (Lipinski definition) is 1. The zero-order valence-electron chi connectivity index (χ0n) is 11.2. The molecule has 0 radical (unpaired) electrons. The van der Waals surface area contributed by atoms with Gasteiger partial charge in [-0.2, -0.15) is 0 Å². The summed E-state index contributed by atoms with van der Waals surface area (Å²) in [6, 6.07) is 0. The van der Waals surface area contributed by atoms with Gasteiger partial charge in [0.05, 0.1) is 19.6 Å². The van der Waals surface area contributed by atoms with E-state index in [1.54, 1.807) is 20.8 Å². The van der Waals surface area contributed by atoms with Gasteiger partial charge in [-0.3, -0.25) is 9.59 Å². The zero-order chi connectivity index (χ0) is 14.2. The number of carbonyl (C=O) groups is 3. The number of carbonyl (C=O) groups excluding carboxylic acids is 3. The predicted octanol–water partition coefficient (Wildman–Crippen LogP) is 0.569. The lowest BCUT2D eigenvalue weighted by Crippen LogP contribution is -2.57. The molecule has 0 aliphatic rings. The number of ether oxygens (including phenoxy) is 2. The SMILES string of the molecule is CCCC(=O)[C@](N)(CC(=O)OCC)C(=O)OCC. The van der Waals surface area contributed by atoms with Crippen molar-refractivity contribution in [2.45, 2.75) is 45.6 Å². The molecule has 104 valence electrons. The third-order valence-corrected chi connectivity index (χ3v) is 2.34. The Bertz CT molecular complexity index is 296. The molecule has 0 saturated carbocycles. The van der Waals surface area contributed by atoms with Crippen LogP contribution in [0.4, 0.5) is 0 Å². The lowest BCUT2D eigenvalue weighted by Gasteiger charge is -2.24. The van der Waals surface area contributed by atoms with Gasteiger partial charge in [-0.15, -0.1) is 0 Å². The molecular formula is C12H21NO5. The monoisotopic (exact) mass is 259 g/mol. The van der Waals surface area contributed by atoms with E-state index >= 15 is 0 Å². The van der Waals surface area contributed by atoms with Crippen molar-refractivity contribution in [1.82, 2.24) is 0 Å². The standard InChI is InChI=1S/C12H21NO5/c1-4-7-9(14)12(13,11(16)18-6-3)8-10(15)17-5-2/h4-8,13H2,1-3H3/t12-/m1/s1. The first-order valence-electron chi connectivity index (χ1n) is 6.07. The topological polar surface area (TPSA) is 95.7 Å². The molecule has 0 aromatic rings. The van der Waals surface area contributed by atoms with Crippen molar-refractivity contribution in [3.8, 4) is 0 Å². The van der Waals surface area contributed by atoms with Crippen LogP contribution < -0.4 is 5.73 Å². The fraction of sp³-hybridized carbons (Fsp3) is 0.750. The minimum Gasteiger partial charge on any atom is -0.466 e. The molecular weight excluding hydrogens is 238 g/mol. The fourth-order valence-electron chi connectivity index (χ4n) is 1.43. The summed E-state index contributed by atoms with van der Waals surface area (Å²) in [5.41, 5.74) is 3.83. The molecule has 0 amide bonds. The highest BCUT2D eigenvalue weighted by atomic mass is 16.5. The first-order valence-corrected chi connectivity index (χ1v) is 6.07. The maximum atomic E-state index is 11.9. The minimum absolute atomic E-state index is 0.0972. The van der Waals surface area contributed by atoms with Gasteiger partial charge in [-0.05, 0) is 20.3 Å². The zero-order valence-corrected chi connectivity index (χ0v) is 11.2. The lowest BCUT2D eigenvalue weighted by molar-refractivity contribution is -0.159. The van der Waals surface area contributed by atoms with Crippen molar-refractivity contribution in [2.75, 3.05) is 13.2 Å². The summed E-state index contributed by atoms with van der Waals surface area (Å²) < 4.78 is 9.48. The van der Waals surface area contributed by atoms with E-state index < -0.39 is 29.7 Å². The van der Waals surface area contributed by atoms with Gasteiger partial charge >= 0.3 is 11.9 Å². The third-order valence-electron chi connectivity index (χ3n) is 2.34. The van der Waals surface area contributed by atoms with Crippen LogP contribution in [0.3, 0.4) is 0 Å². The van der Waals surface area contributed by atoms with E-state index in [1.165, 1.54) is 0 Å². The van der Waals surface area contributed by atoms with Crippen LogP contribution in [0.2, 0.25) is 0 Å². The fourth-order valence-corrected chi connectivity index (χ4v) is 1.43. The van der Waals surface area contributed by atoms with Gasteiger partial charge in [0.2, 0.25) is 0 Å². The highest BCUT2D eigenvalue weighted by Gasteiger charge is 2.44. The van der Waals surface area contributed by atoms with Gasteiger partial charge in [-0.1, -0.05) is 6.92 Å². The summed E-state index contributed by atoms with van der Waals surface area (Å²) in [6.07, 6.45) is 0.174. The Morgan fingerprint density at radius 3 is 2.06 bits per heavy atom. The van der Waals surface area contributed by atoms with Gasteiger partial charge in [-0.25, -0.2) is 4.79 Å². The number of nitrogens with two attached hydrogens (primary N) is 1. The van der Waals surface area contributed by atoms with Crippen molar-refractivity contribution in [3.05, 3.63) is 0 Å². The number of hydrogen-bond acceptors (Lipinski definition) is 6. The summed E-state index contributed by atoms with van der Waals surface area (Å²) in [4.78, 5) is 35.0. The van der Waals surface area contributed by atoms with E-state index in [2.05, 4.69) is 0 Å². The van der Waals surface area contributed by atoms with E-state index in [4.69, 9.17) is 15.2 Å². The number of Topliss-reactive ketones (excluding diaryl/α,β-unsaturated/α-hetero) is 1. The highest BCUT2D eigenvalue weighted by Crippen LogP contribution is 2.15. The van der Waals surface area contributed by atoms with Gasteiger partial charge in [0.15, 0.2) is 11.3 Å². The van der Waals surface area contributed by atoms with Crippen LogP contribution in [0, 0.1) is 0 Å². The smallest absolute Gasteiger partial charge is 0.334 e. The molecule has 0 saturated heterocycles. The van der Waals surface area contributed by atoms with Gasteiger partial charge in [0, 0.05) is 6.42 Å². The number of rotatable bonds is 8. The van der Waals surface area contributed by atoms with Crippen molar-refractivity contribution in [2.24, 2.45) is 5.73 Å². The molecule has 0 fully saturated rings. The van der Waals surface area contributed by atoms with Crippen LogP contribution in [0.15, 0.2) is 0 Å². The molecule has 2 N–H and O–H groups in total. The Labute approximate surface area is 107 Å². The van der Waals surface area contributed by atoms with Crippen LogP contribution in [0.1, 0.15) is 40.0 Å².